The SMILES string of the molecule is COc1ccc(CCNC(=O)C(C)Oc2ccc(Cl)cc2C)cc1. The van der Waals surface area contributed by atoms with E-state index in [9.17, 15) is 4.79 Å². The Balaban J connectivity index is 1.80. The van der Waals surface area contributed by atoms with Crippen LogP contribution in [0.15, 0.2) is 42.5 Å². The molecule has 1 amide bonds. The maximum Gasteiger partial charge on any atom is 0.260 e. The number of ether oxygens (including phenoxy) is 2. The third-order valence-corrected chi connectivity index (χ3v) is 3.92. The number of amides is 1. The number of hydrogen-bond donors (Lipinski definition) is 1. The van der Waals surface area contributed by atoms with Gasteiger partial charge in [0.25, 0.3) is 5.91 Å². The Morgan fingerprint density at radius 2 is 1.92 bits per heavy atom. The summed E-state index contributed by atoms with van der Waals surface area (Å²) in [6, 6.07) is 13.1. The lowest BCUT2D eigenvalue weighted by Gasteiger charge is -2.16. The number of halogens is 1. The summed E-state index contributed by atoms with van der Waals surface area (Å²) in [4.78, 5) is 12.1. The van der Waals surface area contributed by atoms with Gasteiger partial charge in [-0.3, -0.25) is 4.79 Å². The predicted octanol–water partition coefficient (Wildman–Crippen LogP) is 3.78. The highest BCUT2D eigenvalue weighted by Gasteiger charge is 2.15. The number of nitrogens with one attached hydrogen (secondary N) is 1. The summed E-state index contributed by atoms with van der Waals surface area (Å²) >= 11 is 5.92. The maximum absolute atomic E-state index is 12.1. The second kappa shape index (κ2) is 8.60. The molecule has 0 aromatic heterocycles. The number of carbonyl (C=O) groups is 1. The third-order valence-electron chi connectivity index (χ3n) is 3.68. The molecule has 1 N–H and O–H groups in total. The Morgan fingerprint density at radius 1 is 1.21 bits per heavy atom. The van der Waals surface area contributed by atoms with Gasteiger partial charge in [-0.15, -0.1) is 0 Å². The van der Waals surface area contributed by atoms with Gasteiger partial charge in [0.2, 0.25) is 0 Å². The summed E-state index contributed by atoms with van der Waals surface area (Å²) in [5.41, 5.74) is 2.04. The van der Waals surface area contributed by atoms with E-state index in [-0.39, 0.29) is 5.91 Å². The normalized spacial score (nSPS) is 11.7. The second-order valence-corrected chi connectivity index (χ2v) is 6.00. The van der Waals surface area contributed by atoms with Crippen molar-refractivity contribution in [3.8, 4) is 11.5 Å². The van der Waals surface area contributed by atoms with Crippen LogP contribution < -0.4 is 14.8 Å². The van der Waals surface area contributed by atoms with Gasteiger partial charge in [-0.2, -0.15) is 0 Å². The molecule has 0 aliphatic heterocycles. The molecule has 0 bridgehead atoms. The van der Waals surface area contributed by atoms with Crippen LogP contribution in [0.1, 0.15) is 18.1 Å². The first-order valence-electron chi connectivity index (χ1n) is 7.83. The van der Waals surface area contributed by atoms with Crippen LogP contribution in [0.4, 0.5) is 0 Å². The van der Waals surface area contributed by atoms with Crippen molar-refractivity contribution in [2.24, 2.45) is 0 Å². The van der Waals surface area contributed by atoms with Crippen LogP contribution in [0.3, 0.4) is 0 Å². The van der Waals surface area contributed by atoms with Gasteiger partial charge in [0, 0.05) is 11.6 Å². The van der Waals surface area contributed by atoms with E-state index in [0.29, 0.717) is 17.3 Å². The molecular formula is C19H22ClNO3. The molecule has 0 spiro atoms. The van der Waals surface area contributed by atoms with Crippen LogP contribution in [0.5, 0.6) is 11.5 Å². The van der Waals surface area contributed by atoms with Crippen molar-refractivity contribution >= 4 is 17.5 Å². The molecule has 2 aromatic rings. The number of aryl methyl sites for hydroxylation is 1. The highest BCUT2D eigenvalue weighted by atomic mass is 35.5. The summed E-state index contributed by atoms with van der Waals surface area (Å²) in [5.74, 6) is 1.35. The molecule has 1 atom stereocenters. The average Bonchev–Trinajstić information content (AvgIpc) is 2.57. The van der Waals surface area contributed by atoms with E-state index in [4.69, 9.17) is 21.1 Å². The fourth-order valence-corrected chi connectivity index (χ4v) is 2.48. The molecule has 2 aromatic carbocycles. The van der Waals surface area contributed by atoms with Crippen molar-refractivity contribution in [1.82, 2.24) is 5.32 Å². The smallest absolute Gasteiger partial charge is 0.260 e. The van der Waals surface area contributed by atoms with E-state index in [2.05, 4.69) is 5.32 Å². The number of hydrogen-bond acceptors (Lipinski definition) is 3. The zero-order valence-corrected chi connectivity index (χ0v) is 14.9. The Morgan fingerprint density at radius 3 is 2.54 bits per heavy atom. The van der Waals surface area contributed by atoms with Crippen LogP contribution in [-0.2, 0) is 11.2 Å². The monoisotopic (exact) mass is 347 g/mol. The van der Waals surface area contributed by atoms with Crippen LogP contribution in [0.25, 0.3) is 0 Å². The van der Waals surface area contributed by atoms with Crippen molar-refractivity contribution in [3.05, 3.63) is 58.6 Å². The minimum atomic E-state index is -0.569. The van der Waals surface area contributed by atoms with Crippen LogP contribution in [0, 0.1) is 6.92 Å². The zero-order chi connectivity index (χ0) is 17.5. The van der Waals surface area contributed by atoms with E-state index in [1.807, 2.05) is 37.3 Å². The van der Waals surface area contributed by atoms with E-state index >= 15 is 0 Å². The van der Waals surface area contributed by atoms with Gasteiger partial charge >= 0.3 is 0 Å². The summed E-state index contributed by atoms with van der Waals surface area (Å²) in [7, 11) is 1.64. The van der Waals surface area contributed by atoms with E-state index in [1.165, 1.54) is 0 Å². The van der Waals surface area contributed by atoms with Gasteiger partial charge in [0.1, 0.15) is 11.5 Å². The molecule has 0 radical (unpaired) electrons. The van der Waals surface area contributed by atoms with Gasteiger partial charge in [-0.05, 0) is 61.7 Å². The van der Waals surface area contributed by atoms with Crippen molar-refractivity contribution in [2.75, 3.05) is 13.7 Å². The molecule has 0 saturated carbocycles. The topological polar surface area (TPSA) is 47.6 Å². The Bertz CT molecular complexity index is 686. The van der Waals surface area contributed by atoms with Crippen molar-refractivity contribution in [3.63, 3.8) is 0 Å². The van der Waals surface area contributed by atoms with Crippen molar-refractivity contribution in [2.45, 2.75) is 26.4 Å². The van der Waals surface area contributed by atoms with Crippen LogP contribution >= 0.6 is 11.6 Å². The second-order valence-electron chi connectivity index (χ2n) is 5.56. The summed E-state index contributed by atoms with van der Waals surface area (Å²) < 4.78 is 10.8. The third kappa shape index (κ3) is 5.17. The van der Waals surface area contributed by atoms with Crippen LogP contribution in [-0.4, -0.2) is 25.7 Å². The van der Waals surface area contributed by atoms with E-state index < -0.39 is 6.10 Å². The molecule has 24 heavy (non-hydrogen) atoms. The summed E-state index contributed by atoms with van der Waals surface area (Å²) in [6.45, 7) is 4.19. The fraction of sp³-hybridized carbons (Fsp3) is 0.316. The maximum atomic E-state index is 12.1. The van der Waals surface area contributed by atoms with Gasteiger partial charge in [0.15, 0.2) is 6.10 Å². The summed E-state index contributed by atoms with van der Waals surface area (Å²) in [5, 5.41) is 3.54. The fourth-order valence-electron chi connectivity index (χ4n) is 2.25. The first-order valence-corrected chi connectivity index (χ1v) is 8.21. The first kappa shape index (κ1) is 18.1. The molecular weight excluding hydrogens is 326 g/mol. The van der Waals surface area contributed by atoms with Gasteiger partial charge in [-0.1, -0.05) is 23.7 Å². The zero-order valence-electron chi connectivity index (χ0n) is 14.1. The number of methoxy groups -OCH3 is 1. The van der Waals surface area contributed by atoms with E-state index in [1.54, 1.807) is 26.2 Å². The lowest BCUT2D eigenvalue weighted by Crippen LogP contribution is -2.37. The lowest BCUT2D eigenvalue weighted by molar-refractivity contribution is -0.127. The van der Waals surface area contributed by atoms with Crippen molar-refractivity contribution < 1.29 is 14.3 Å². The molecule has 128 valence electrons. The molecule has 1 unspecified atom stereocenters. The van der Waals surface area contributed by atoms with Gasteiger partial charge < -0.3 is 14.8 Å². The van der Waals surface area contributed by atoms with Gasteiger partial charge in [-0.25, -0.2) is 0 Å². The minimum absolute atomic E-state index is 0.141. The Kier molecular flexibility index (Phi) is 6.50. The highest BCUT2D eigenvalue weighted by molar-refractivity contribution is 6.30. The molecule has 0 heterocycles. The number of rotatable bonds is 7. The molecule has 4 nitrogen and oxygen atoms in total. The molecule has 0 aliphatic rings. The first-order chi connectivity index (χ1) is 11.5. The molecule has 0 aliphatic carbocycles. The number of benzene rings is 2. The predicted molar refractivity (Wildman–Crippen MR) is 96.0 cm³/mol. The van der Waals surface area contributed by atoms with E-state index in [0.717, 1.165) is 23.3 Å². The number of carbonyl (C=O) groups excluding carboxylic acids is 1. The Labute approximate surface area is 147 Å². The quantitative estimate of drug-likeness (QED) is 0.829. The molecule has 5 heteroatoms. The minimum Gasteiger partial charge on any atom is -0.497 e. The lowest BCUT2D eigenvalue weighted by atomic mass is 10.1. The van der Waals surface area contributed by atoms with Crippen LogP contribution in [0.2, 0.25) is 5.02 Å². The van der Waals surface area contributed by atoms with Crippen molar-refractivity contribution in [1.29, 1.82) is 0 Å². The Hall–Kier alpha value is -2.20. The average molecular weight is 348 g/mol. The molecule has 2 rings (SSSR count). The summed E-state index contributed by atoms with van der Waals surface area (Å²) in [6.07, 6.45) is 0.184. The molecule has 0 fully saturated rings. The highest BCUT2D eigenvalue weighted by Crippen LogP contribution is 2.22. The largest absolute Gasteiger partial charge is 0.497 e. The molecule has 0 saturated heterocycles. The standard InChI is InChI=1S/C19H22ClNO3/c1-13-12-16(20)6-9-18(13)24-14(2)19(22)21-11-10-15-4-7-17(23-3)8-5-15/h4-9,12,14H,10-11H2,1-3H3,(H,21,22). The van der Waals surface area contributed by atoms with Gasteiger partial charge in [0.05, 0.1) is 7.11 Å².